The molecule has 1 aliphatic rings. The van der Waals surface area contributed by atoms with Gasteiger partial charge in [-0.15, -0.1) is 0 Å². The number of methoxy groups -OCH3 is 1. The minimum Gasteiger partial charge on any atom is -0.497 e. The standard InChI is InChI=1S/C16H12N2O4/c1-20-12-4-2-3-10(7-12)11-5-6-14-13(8-11)18-15(9-21-14)17-22-16(18)19/h2-8H,9H2,1H3. The summed E-state index contributed by atoms with van der Waals surface area (Å²) >= 11 is 0. The van der Waals surface area contributed by atoms with Gasteiger partial charge in [0.05, 0.1) is 12.8 Å². The summed E-state index contributed by atoms with van der Waals surface area (Å²) in [4.78, 5) is 11.8. The van der Waals surface area contributed by atoms with Crippen LogP contribution in [0.15, 0.2) is 51.8 Å². The molecule has 0 N–H and O–H groups in total. The summed E-state index contributed by atoms with van der Waals surface area (Å²) in [5.41, 5.74) is 2.56. The molecule has 6 nitrogen and oxygen atoms in total. The number of hydrogen-bond donors (Lipinski definition) is 0. The number of ether oxygens (including phenoxy) is 2. The lowest BCUT2D eigenvalue weighted by Crippen LogP contribution is -2.21. The van der Waals surface area contributed by atoms with E-state index in [0.717, 1.165) is 16.9 Å². The van der Waals surface area contributed by atoms with Crippen LogP contribution in [0.1, 0.15) is 5.82 Å². The van der Waals surface area contributed by atoms with Crippen molar-refractivity contribution in [2.24, 2.45) is 0 Å². The first-order valence-corrected chi connectivity index (χ1v) is 6.75. The van der Waals surface area contributed by atoms with Crippen LogP contribution in [0.25, 0.3) is 16.8 Å². The predicted molar refractivity (Wildman–Crippen MR) is 78.4 cm³/mol. The second-order valence-electron chi connectivity index (χ2n) is 4.90. The van der Waals surface area contributed by atoms with Gasteiger partial charge in [-0.25, -0.2) is 9.36 Å². The van der Waals surface area contributed by atoms with Crippen LogP contribution in [-0.2, 0) is 6.61 Å². The monoisotopic (exact) mass is 296 g/mol. The van der Waals surface area contributed by atoms with E-state index in [9.17, 15) is 4.79 Å². The number of benzene rings is 2. The van der Waals surface area contributed by atoms with Crippen molar-refractivity contribution in [1.29, 1.82) is 0 Å². The molecule has 6 heteroatoms. The highest BCUT2D eigenvalue weighted by atomic mass is 16.5. The maximum atomic E-state index is 11.8. The fourth-order valence-electron chi connectivity index (χ4n) is 2.55. The van der Waals surface area contributed by atoms with Gasteiger partial charge in [0.2, 0.25) is 0 Å². The summed E-state index contributed by atoms with van der Waals surface area (Å²) in [7, 11) is 1.63. The molecule has 1 aliphatic heterocycles. The highest BCUT2D eigenvalue weighted by Crippen LogP contribution is 2.33. The van der Waals surface area contributed by atoms with Crippen molar-refractivity contribution in [3.8, 4) is 28.3 Å². The molecule has 2 aromatic carbocycles. The van der Waals surface area contributed by atoms with Gasteiger partial charge < -0.3 is 9.47 Å². The number of nitrogens with zero attached hydrogens (tertiary/aromatic N) is 2. The van der Waals surface area contributed by atoms with Crippen LogP contribution >= 0.6 is 0 Å². The first kappa shape index (κ1) is 12.7. The topological polar surface area (TPSA) is 66.5 Å². The molecule has 0 atom stereocenters. The summed E-state index contributed by atoms with van der Waals surface area (Å²) in [6.07, 6.45) is 0. The zero-order valence-corrected chi connectivity index (χ0v) is 11.8. The normalized spacial score (nSPS) is 12.2. The van der Waals surface area contributed by atoms with Crippen LogP contribution in [0.3, 0.4) is 0 Å². The Kier molecular flexibility index (Phi) is 2.75. The van der Waals surface area contributed by atoms with E-state index in [1.54, 1.807) is 7.11 Å². The van der Waals surface area contributed by atoms with Gasteiger partial charge in [-0.3, -0.25) is 4.52 Å². The molecule has 0 aliphatic carbocycles. The Labute approximate surface area is 125 Å². The van der Waals surface area contributed by atoms with E-state index in [4.69, 9.17) is 14.0 Å². The van der Waals surface area contributed by atoms with Gasteiger partial charge in [-0.1, -0.05) is 23.4 Å². The second-order valence-corrected chi connectivity index (χ2v) is 4.90. The Morgan fingerprint density at radius 3 is 2.91 bits per heavy atom. The number of rotatable bonds is 2. The third-order valence-corrected chi connectivity index (χ3v) is 3.63. The lowest BCUT2D eigenvalue weighted by Gasteiger charge is -2.18. The average molecular weight is 296 g/mol. The van der Waals surface area contributed by atoms with Crippen molar-refractivity contribution >= 4 is 0 Å². The van der Waals surface area contributed by atoms with Gasteiger partial charge >= 0.3 is 5.76 Å². The third-order valence-electron chi connectivity index (χ3n) is 3.63. The molecule has 0 saturated carbocycles. The van der Waals surface area contributed by atoms with E-state index < -0.39 is 5.76 Å². The molecule has 3 aromatic rings. The van der Waals surface area contributed by atoms with Crippen LogP contribution in [0.5, 0.6) is 11.5 Å². The fraction of sp³-hybridized carbons (Fsp3) is 0.125. The number of aromatic nitrogens is 2. The van der Waals surface area contributed by atoms with Crippen molar-refractivity contribution < 1.29 is 14.0 Å². The number of hydrogen-bond acceptors (Lipinski definition) is 5. The molecule has 22 heavy (non-hydrogen) atoms. The zero-order chi connectivity index (χ0) is 15.1. The average Bonchev–Trinajstić information content (AvgIpc) is 2.96. The lowest BCUT2D eigenvalue weighted by atomic mass is 10.0. The zero-order valence-electron chi connectivity index (χ0n) is 11.8. The molecular weight excluding hydrogens is 284 g/mol. The second kappa shape index (κ2) is 4.77. The van der Waals surface area contributed by atoms with Gasteiger partial charge in [-0.2, -0.15) is 0 Å². The van der Waals surface area contributed by atoms with Crippen LogP contribution in [0, 0.1) is 0 Å². The Bertz CT molecular complexity index is 911. The summed E-state index contributed by atoms with van der Waals surface area (Å²) in [6.45, 7) is 0.219. The number of fused-ring (bicyclic) bond motifs is 3. The Morgan fingerprint density at radius 1 is 1.18 bits per heavy atom. The fourth-order valence-corrected chi connectivity index (χ4v) is 2.55. The van der Waals surface area contributed by atoms with E-state index in [0.29, 0.717) is 17.3 Å². The van der Waals surface area contributed by atoms with Gasteiger partial charge in [0.1, 0.15) is 11.5 Å². The minimum atomic E-state index is -0.512. The van der Waals surface area contributed by atoms with Gasteiger partial charge in [0.25, 0.3) is 0 Å². The maximum absolute atomic E-state index is 11.8. The molecule has 0 fully saturated rings. The van der Waals surface area contributed by atoms with Crippen LogP contribution in [-0.4, -0.2) is 16.8 Å². The van der Waals surface area contributed by atoms with Gasteiger partial charge in [0, 0.05) is 0 Å². The van der Waals surface area contributed by atoms with E-state index in [-0.39, 0.29) is 6.61 Å². The highest BCUT2D eigenvalue weighted by Gasteiger charge is 2.22. The molecule has 4 rings (SSSR count). The van der Waals surface area contributed by atoms with Crippen molar-refractivity contribution in [3.05, 3.63) is 58.8 Å². The molecule has 0 bridgehead atoms. The molecule has 0 amide bonds. The Balaban J connectivity index is 1.88. The first-order valence-electron chi connectivity index (χ1n) is 6.75. The van der Waals surface area contributed by atoms with Crippen LogP contribution < -0.4 is 15.2 Å². The molecule has 0 unspecified atom stereocenters. The van der Waals surface area contributed by atoms with Crippen LogP contribution in [0.4, 0.5) is 0 Å². The summed E-state index contributed by atoms with van der Waals surface area (Å²) in [5, 5.41) is 3.72. The summed E-state index contributed by atoms with van der Waals surface area (Å²) in [6, 6.07) is 13.4. The largest absolute Gasteiger partial charge is 0.497 e. The van der Waals surface area contributed by atoms with Crippen LogP contribution in [0.2, 0.25) is 0 Å². The van der Waals surface area contributed by atoms with Crippen molar-refractivity contribution in [2.45, 2.75) is 6.61 Å². The molecule has 0 saturated heterocycles. The SMILES string of the molecule is COc1cccc(-c2ccc3c(c2)-n2c(noc2=O)CO3)c1. The molecule has 1 aromatic heterocycles. The Morgan fingerprint density at radius 2 is 2.05 bits per heavy atom. The van der Waals surface area contributed by atoms with Crippen molar-refractivity contribution in [1.82, 2.24) is 9.72 Å². The molecular formula is C16H12N2O4. The molecule has 110 valence electrons. The third kappa shape index (κ3) is 1.88. The van der Waals surface area contributed by atoms with Crippen molar-refractivity contribution in [3.63, 3.8) is 0 Å². The van der Waals surface area contributed by atoms with Crippen molar-refractivity contribution in [2.75, 3.05) is 7.11 Å². The van der Waals surface area contributed by atoms with E-state index in [1.807, 2.05) is 42.5 Å². The summed E-state index contributed by atoms with van der Waals surface area (Å²) in [5.74, 6) is 1.35. The quantitative estimate of drug-likeness (QED) is 0.726. The molecule has 0 radical (unpaired) electrons. The highest BCUT2D eigenvalue weighted by molar-refractivity contribution is 5.70. The first-order chi connectivity index (χ1) is 10.8. The molecule has 2 heterocycles. The minimum absolute atomic E-state index is 0.219. The summed E-state index contributed by atoms with van der Waals surface area (Å²) < 4.78 is 17.0. The maximum Gasteiger partial charge on any atom is 0.446 e. The Hall–Kier alpha value is -3.02. The van der Waals surface area contributed by atoms with E-state index in [1.165, 1.54) is 4.57 Å². The smallest absolute Gasteiger partial charge is 0.446 e. The molecule has 0 spiro atoms. The lowest BCUT2D eigenvalue weighted by molar-refractivity contribution is 0.274. The van der Waals surface area contributed by atoms with E-state index in [2.05, 4.69) is 5.16 Å². The van der Waals surface area contributed by atoms with Gasteiger partial charge in [0.15, 0.2) is 12.4 Å². The van der Waals surface area contributed by atoms with E-state index >= 15 is 0 Å². The van der Waals surface area contributed by atoms with Gasteiger partial charge in [-0.05, 0) is 35.4 Å². The predicted octanol–water partition coefficient (Wildman–Crippen LogP) is 2.39.